The summed E-state index contributed by atoms with van der Waals surface area (Å²) < 4.78 is 34.8. The number of aromatic amines is 1. The molecule has 2 heterocycles. The molecule has 36 heavy (non-hydrogen) atoms. The molecule has 0 bridgehead atoms. The van der Waals surface area contributed by atoms with Crippen LogP contribution in [-0.2, 0) is 4.74 Å². The van der Waals surface area contributed by atoms with Crippen molar-refractivity contribution in [2.24, 2.45) is 10.7 Å². The molecule has 3 aromatic carbocycles. The lowest BCUT2D eigenvalue weighted by atomic mass is 9.89. The van der Waals surface area contributed by atoms with Crippen LogP contribution >= 0.6 is 0 Å². The van der Waals surface area contributed by atoms with Gasteiger partial charge in [0.15, 0.2) is 0 Å². The number of hydrogen-bond donors (Lipinski definition) is 2. The number of amidine groups is 1. The van der Waals surface area contributed by atoms with Crippen molar-refractivity contribution in [1.29, 1.82) is 0 Å². The molecule has 0 fully saturated rings. The number of fused-ring (bicyclic) bond motifs is 6. The number of aliphatic imine (C=N–C) groups is 1. The van der Waals surface area contributed by atoms with Crippen LogP contribution in [-0.4, -0.2) is 37.1 Å². The van der Waals surface area contributed by atoms with Gasteiger partial charge in [-0.25, -0.2) is 8.78 Å². The van der Waals surface area contributed by atoms with Gasteiger partial charge < -0.3 is 20.4 Å². The minimum Gasteiger partial charge on any atom is -0.493 e. The lowest BCUT2D eigenvalue weighted by molar-refractivity contribution is 0.249. The van der Waals surface area contributed by atoms with Crippen molar-refractivity contribution in [3.05, 3.63) is 100 Å². The third-order valence-corrected chi connectivity index (χ3v) is 7.06. The molecular formula is C29H26F2N4O. The first kappa shape index (κ1) is 22.3. The molecule has 4 aromatic rings. The highest BCUT2D eigenvalue weighted by atomic mass is 19.1. The highest BCUT2D eigenvalue weighted by Gasteiger charge is 2.41. The Hall–Kier alpha value is -4.13. The topological polar surface area (TPSA) is 66.6 Å². The van der Waals surface area contributed by atoms with Crippen molar-refractivity contribution in [1.82, 2.24) is 4.98 Å². The summed E-state index contributed by atoms with van der Waals surface area (Å²) in [6.45, 7) is 0.964. The van der Waals surface area contributed by atoms with E-state index in [9.17, 15) is 8.78 Å². The second kappa shape index (κ2) is 8.82. The number of halogens is 2. The van der Waals surface area contributed by atoms with Gasteiger partial charge in [-0.2, -0.15) is 0 Å². The van der Waals surface area contributed by atoms with E-state index in [2.05, 4.69) is 21.0 Å². The van der Waals surface area contributed by atoms with Crippen LogP contribution in [0.3, 0.4) is 0 Å². The van der Waals surface area contributed by atoms with Gasteiger partial charge in [-0.05, 0) is 42.0 Å². The number of ether oxygens (including phenoxy) is 1. The number of nitrogens with two attached hydrogens (primary N) is 1. The molecule has 0 amide bonds. The summed E-state index contributed by atoms with van der Waals surface area (Å²) in [5.41, 5.74) is 9.71. The molecule has 182 valence electrons. The van der Waals surface area contributed by atoms with Crippen LogP contribution in [0.15, 0.2) is 71.7 Å². The van der Waals surface area contributed by atoms with E-state index in [-0.39, 0.29) is 23.6 Å². The first-order valence-electron chi connectivity index (χ1n) is 12.0. The molecule has 7 heteroatoms. The third kappa shape index (κ3) is 3.71. The number of hydrogen-bond acceptors (Lipinski definition) is 3. The lowest BCUT2D eigenvalue weighted by Crippen LogP contribution is -2.43. The molecule has 0 spiro atoms. The van der Waals surface area contributed by atoms with Crippen LogP contribution in [0, 0.1) is 11.6 Å². The van der Waals surface area contributed by atoms with E-state index in [0.717, 1.165) is 44.0 Å². The quantitative estimate of drug-likeness (QED) is 0.249. The Bertz CT molecular complexity index is 1610. The van der Waals surface area contributed by atoms with Crippen LogP contribution in [0.2, 0.25) is 0 Å². The zero-order chi connectivity index (χ0) is 24.8. The van der Waals surface area contributed by atoms with Crippen LogP contribution in [0.4, 0.5) is 14.5 Å². The molecule has 1 aromatic heterocycles. The van der Waals surface area contributed by atoms with Gasteiger partial charge >= 0.3 is 0 Å². The van der Waals surface area contributed by atoms with Crippen molar-refractivity contribution in [2.75, 3.05) is 25.1 Å². The smallest absolute Gasteiger partial charge is 0.143 e. The zero-order valence-electron chi connectivity index (χ0n) is 19.8. The maximum absolute atomic E-state index is 14.2. The van der Waals surface area contributed by atoms with Crippen molar-refractivity contribution < 1.29 is 13.5 Å². The van der Waals surface area contributed by atoms with Gasteiger partial charge in [0.1, 0.15) is 23.2 Å². The SMILES string of the molecule is CN1c2ccc(F)cc2C2C=c3c([nH]c4ccc(F)cc34)=C(OCCCN=C(N)c3ccccc3)C21. The molecule has 0 saturated carbocycles. The summed E-state index contributed by atoms with van der Waals surface area (Å²) in [6.07, 6.45) is 2.78. The zero-order valence-corrected chi connectivity index (χ0v) is 19.8. The van der Waals surface area contributed by atoms with Crippen molar-refractivity contribution in [2.45, 2.75) is 18.4 Å². The first-order chi connectivity index (χ1) is 17.5. The standard InChI is InChI=1S/C29H26F2N4O/c1-35-25-11-9-19(31)15-21(25)23-16-22-20-14-18(30)8-10-24(20)34-26(22)28(27(23)35)36-13-5-12-33-29(32)17-6-3-2-4-7-17/h2-4,6-11,14-16,23,27,34H,5,12-13H2,1H3,(H2,32,33). The predicted molar refractivity (Wildman–Crippen MR) is 139 cm³/mol. The molecule has 0 saturated heterocycles. The largest absolute Gasteiger partial charge is 0.493 e. The fraction of sp³-hybridized carbons (Fsp3) is 0.207. The predicted octanol–water partition coefficient (Wildman–Crippen LogP) is 3.76. The van der Waals surface area contributed by atoms with Gasteiger partial charge in [0.05, 0.1) is 18.0 Å². The Labute approximate surface area is 207 Å². The highest BCUT2D eigenvalue weighted by molar-refractivity contribution is 5.97. The highest BCUT2D eigenvalue weighted by Crippen LogP contribution is 2.45. The number of nitrogens with zero attached hydrogens (tertiary/aromatic N) is 2. The number of likely N-dealkylation sites (N-methyl/N-ethyl adjacent to an activating group) is 1. The summed E-state index contributed by atoms with van der Waals surface area (Å²) >= 11 is 0. The molecule has 2 unspecified atom stereocenters. The molecule has 5 nitrogen and oxygen atoms in total. The van der Waals surface area contributed by atoms with Crippen LogP contribution in [0.1, 0.15) is 23.5 Å². The fourth-order valence-electron chi connectivity index (χ4n) is 5.38. The van der Waals surface area contributed by atoms with Crippen molar-refractivity contribution in [3.63, 3.8) is 0 Å². The molecule has 2 aliphatic rings. The minimum atomic E-state index is -0.300. The maximum atomic E-state index is 14.2. The van der Waals surface area contributed by atoms with Crippen LogP contribution < -0.4 is 21.2 Å². The van der Waals surface area contributed by atoms with E-state index in [1.165, 1.54) is 18.2 Å². The Morgan fingerprint density at radius 1 is 1.06 bits per heavy atom. The Balaban J connectivity index is 1.34. The van der Waals surface area contributed by atoms with Crippen molar-refractivity contribution in [3.8, 4) is 0 Å². The first-order valence-corrected chi connectivity index (χ1v) is 12.0. The van der Waals surface area contributed by atoms with E-state index in [4.69, 9.17) is 10.5 Å². The molecular weight excluding hydrogens is 458 g/mol. The van der Waals surface area contributed by atoms with Gasteiger partial charge in [0.2, 0.25) is 0 Å². The van der Waals surface area contributed by atoms with E-state index in [1.807, 2.05) is 43.4 Å². The van der Waals surface area contributed by atoms with Crippen LogP contribution in [0.5, 0.6) is 0 Å². The van der Waals surface area contributed by atoms with Gasteiger partial charge in [-0.15, -0.1) is 0 Å². The number of rotatable bonds is 6. The normalized spacial score (nSPS) is 18.6. The average molecular weight is 485 g/mol. The van der Waals surface area contributed by atoms with Gasteiger partial charge in [0, 0.05) is 53.3 Å². The molecule has 1 aliphatic carbocycles. The van der Waals surface area contributed by atoms with E-state index < -0.39 is 0 Å². The average Bonchev–Trinajstić information content (AvgIpc) is 3.38. The van der Waals surface area contributed by atoms with E-state index >= 15 is 0 Å². The van der Waals surface area contributed by atoms with Gasteiger partial charge in [0.25, 0.3) is 0 Å². The summed E-state index contributed by atoms with van der Waals surface area (Å²) in [7, 11) is 2.00. The summed E-state index contributed by atoms with van der Waals surface area (Å²) in [4.78, 5) is 10.1. The lowest BCUT2D eigenvalue weighted by Gasteiger charge is -2.29. The number of H-pyrrole nitrogens is 1. The van der Waals surface area contributed by atoms with Gasteiger partial charge in [-0.1, -0.05) is 36.4 Å². The van der Waals surface area contributed by atoms with Crippen molar-refractivity contribution >= 4 is 34.3 Å². The number of anilines is 1. The Kier molecular flexibility index (Phi) is 5.48. The summed E-state index contributed by atoms with van der Waals surface area (Å²) in [5, 5.41) is 2.51. The molecule has 6 rings (SSSR count). The number of benzene rings is 3. The summed E-state index contributed by atoms with van der Waals surface area (Å²) in [6, 6.07) is 19.1. The third-order valence-electron chi connectivity index (χ3n) is 7.06. The van der Waals surface area contributed by atoms with Crippen LogP contribution in [0.25, 0.3) is 22.7 Å². The fourth-order valence-corrected chi connectivity index (χ4v) is 5.38. The van der Waals surface area contributed by atoms with E-state index in [1.54, 1.807) is 12.1 Å². The minimum absolute atomic E-state index is 0.114. The maximum Gasteiger partial charge on any atom is 0.143 e. The second-order valence-corrected chi connectivity index (χ2v) is 9.25. The monoisotopic (exact) mass is 484 g/mol. The second-order valence-electron chi connectivity index (χ2n) is 9.25. The Morgan fingerprint density at radius 3 is 2.67 bits per heavy atom. The Morgan fingerprint density at radius 2 is 1.83 bits per heavy atom. The molecule has 2 atom stereocenters. The number of aromatic nitrogens is 1. The molecule has 3 N–H and O–H groups in total. The molecule has 0 radical (unpaired) electrons. The summed E-state index contributed by atoms with van der Waals surface area (Å²) in [5.74, 6) is 0.586. The number of nitrogens with one attached hydrogen (secondary N) is 1. The van der Waals surface area contributed by atoms with Gasteiger partial charge in [-0.3, -0.25) is 4.99 Å². The van der Waals surface area contributed by atoms with E-state index in [0.29, 0.717) is 25.4 Å². The molecule has 1 aliphatic heterocycles.